The van der Waals surface area contributed by atoms with Crippen LogP contribution >= 0.6 is 23.2 Å². The average Bonchev–Trinajstić information content (AvgIpc) is 3.22. The summed E-state index contributed by atoms with van der Waals surface area (Å²) in [5.41, 5.74) is 0. The van der Waals surface area contributed by atoms with Crippen molar-refractivity contribution < 1.29 is 6.51 Å². The maximum absolute atomic E-state index is 6.52. The van der Waals surface area contributed by atoms with Gasteiger partial charge >= 0.3 is 88.6 Å². The van der Waals surface area contributed by atoms with Crippen molar-refractivity contribution in [1.82, 2.24) is 0 Å². The average molecular weight is 283 g/mol. The van der Waals surface area contributed by atoms with Gasteiger partial charge in [0, 0.05) is 0 Å². The molecule has 0 amide bonds. The van der Waals surface area contributed by atoms with Gasteiger partial charge in [-0.05, 0) is 0 Å². The second-order valence-corrected chi connectivity index (χ2v) is 34.3. The second-order valence-electron chi connectivity index (χ2n) is 10.4. The number of alkyl halides is 2. The van der Waals surface area contributed by atoms with Gasteiger partial charge in [0.15, 0.2) is 0 Å². The number of hydrogen-bond acceptors (Lipinski definition) is 0. The fraction of sp³-hybridized carbons (Fsp3) is 1.00. The standard InChI is InChI=1S/2C6H6Cl.Fe/c2*7-5-6-3-1-2-4-6;/h2*1-4H,5H2;. The first kappa shape index (κ1) is 5.83. The van der Waals surface area contributed by atoms with Crippen LogP contribution in [0.2, 0.25) is 47.2 Å². The third-order valence-corrected chi connectivity index (χ3v) is 61.1. The summed E-state index contributed by atoms with van der Waals surface area (Å²) in [5, 5.41) is 0. The van der Waals surface area contributed by atoms with Gasteiger partial charge in [-0.1, -0.05) is 0 Å². The Morgan fingerprint density at radius 2 is 1.07 bits per heavy atom. The van der Waals surface area contributed by atoms with E-state index in [1.807, 2.05) is 0 Å². The SMILES string of the molecule is ClC[C]12[CH]3[CH]4[CH]5[CH]1[Fe]45321678[CH]2[CH]1[CH]6[C]7(CCl)[CH]28. The first-order chi connectivity index (χ1) is 7.05. The van der Waals surface area contributed by atoms with Gasteiger partial charge in [-0.15, -0.1) is 0 Å². The molecule has 10 fully saturated rings. The zero-order chi connectivity index (χ0) is 9.35. The molecule has 10 saturated heterocycles. The molecule has 3 heteroatoms. The molecule has 8 atom stereocenters. The van der Waals surface area contributed by atoms with E-state index in [-0.39, 0.29) is 0 Å². The van der Waals surface area contributed by atoms with E-state index >= 15 is 0 Å². The Morgan fingerprint density at radius 3 is 1.20 bits per heavy atom. The first-order valence-electron chi connectivity index (χ1n) is 6.38. The van der Waals surface area contributed by atoms with Crippen LogP contribution in [-0.2, 0) is 6.51 Å². The molecule has 0 saturated carbocycles. The molecule has 0 aromatic rings. The van der Waals surface area contributed by atoms with Crippen LogP contribution in [0.4, 0.5) is 0 Å². The van der Waals surface area contributed by atoms with Gasteiger partial charge in [-0.2, -0.15) is 0 Å². The van der Waals surface area contributed by atoms with E-state index in [1.54, 1.807) is 0 Å². The van der Waals surface area contributed by atoms with Gasteiger partial charge in [0.2, 0.25) is 0 Å². The molecular weight excluding hydrogens is 271 g/mol. The van der Waals surface area contributed by atoms with Gasteiger partial charge in [-0.25, -0.2) is 0 Å². The van der Waals surface area contributed by atoms with Crippen LogP contribution in [0.15, 0.2) is 0 Å². The zero-order valence-corrected chi connectivity index (χ0v) is 10.8. The molecular formula is C12H12Cl2Fe. The fourth-order valence-electron chi connectivity index (χ4n) is 18.2. The van der Waals surface area contributed by atoms with E-state index in [9.17, 15) is 0 Å². The molecule has 15 heavy (non-hydrogen) atoms. The van der Waals surface area contributed by atoms with Gasteiger partial charge in [-0.3, -0.25) is 0 Å². The number of hydrogen-bond donors (Lipinski definition) is 0. The quantitative estimate of drug-likeness (QED) is 0.513. The van der Waals surface area contributed by atoms with Crippen LogP contribution in [0, 0.1) is 0 Å². The Morgan fingerprint density at radius 1 is 0.733 bits per heavy atom. The van der Waals surface area contributed by atoms with Crippen LogP contribution < -0.4 is 0 Å². The van der Waals surface area contributed by atoms with Gasteiger partial charge in [0.25, 0.3) is 0 Å². The van der Waals surface area contributed by atoms with E-state index in [4.69, 9.17) is 23.2 Å². The summed E-state index contributed by atoms with van der Waals surface area (Å²) < 4.78 is 1.76. The van der Waals surface area contributed by atoms with Crippen molar-refractivity contribution >= 4 is 23.2 Å². The van der Waals surface area contributed by atoms with E-state index in [0.717, 1.165) is 20.4 Å². The maximum atomic E-state index is 6.52. The molecule has 0 aromatic heterocycles. The molecule has 10 aliphatic heterocycles. The predicted octanol–water partition coefficient (Wildman–Crippen LogP) is 4.59. The van der Waals surface area contributed by atoms with Crippen molar-refractivity contribution in [2.45, 2.75) is 47.2 Å². The fourth-order valence-corrected chi connectivity index (χ4v) is 99.9. The molecule has 0 radical (unpaired) electrons. The van der Waals surface area contributed by atoms with Gasteiger partial charge in [0.1, 0.15) is 0 Å². The van der Waals surface area contributed by atoms with E-state index in [2.05, 4.69) is 0 Å². The molecule has 10 aliphatic rings. The molecule has 1 spiro atoms. The molecule has 0 aliphatic carbocycles. The summed E-state index contributed by atoms with van der Waals surface area (Å²) >= 11 is 13.0. The Balaban J connectivity index is 1.88. The summed E-state index contributed by atoms with van der Waals surface area (Å²) in [7, 11) is 0. The normalized spacial score (nSPS) is 139. The van der Waals surface area contributed by atoms with E-state index in [1.165, 1.54) is 38.5 Å². The summed E-state index contributed by atoms with van der Waals surface area (Å²) in [6.07, 6.45) is 0. The molecule has 82 valence electrons. The van der Waals surface area contributed by atoms with Crippen LogP contribution in [0.3, 0.4) is 0 Å². The summed E-state index contributed by atoms with van der Waals surface area (Å²) in [6, 6.07) is 0. The minimum absolute atomic E-state index is 0.880. The molecule has 8 unspecified atom stereocenters. The molecule has 0 aromatic carbocycles. The summed E-state index contributed by atoms with van der Waals surface area (Å²) in [5.74, 6) is 2.17. The third kappa shape index (κ3) is 0.0477. The van der Waals surface area contributed by atoms with Crippen LogP contribution in [0.5, 0.6) is 0 Å². The number of rotatable bonds is 2. The molecule has 10 heterocycles. The van der Waals surface area contributed by atoms with Crippen molar-refractivity contribution in [3.63, 3.8) is 0 Å². The molecule has 0 bridgehead atoms. The monoisotopic (exact) mass is 282 g/mol. The Labute approximate surface area is 88.3 Å². The van der Waals surface area contributed by atoms with E-state index in [0.29, 0.717) is 0 Å². The van der Waals surface area contributed by atoms with Crippen molar-refractivity contribution in [2.24, 2.45) is 0 Å². The minimum atomic E-state index is -2.98. The topological polar surface area (TPSA) is 0 Å². The van der Waals surface area contributed by atoms with Crippen LogP contribution in [0.1, 0.15) is 0 Å². The Hall–Kier alpha value is 1.10. The number of fused-ring (bicyclic) bond motifs is 10. The predicted molar refractivity (Wildman–Crippen MR) is 56.8 cm³/mol. The van der Waals surface area contributed by atoms with Crippen molar-refractivity contribution in [3.8, 4) is 0 Å². The van der Waals surface area contributed by atoms with Gasteiger partial charge < -0.3 is 0 Å². The van der Waals surface area contributed by atoms with E-state index < -0.39 is 6.51 Å². The van der Waals surface area contributed by atoms with Gasteiger partial charge in [0.05, 0.1) is 0 Å². The first-order valence-corrected chi connectivity index (χ1v) is 13.7. The summed E-state index contributed by atoms with van der Waals surface area (Å²) in [4.78, 5) is 10.7. The third-order valence-electron chi connectivity index (χ3n) is 15.8. The summed E-state index contributed by atoms with van der Waals surface area (Å²) in [6.45, 7) is -2.98. The van der Waals surface area contributed by atoms with Crippen molar-refractivity contribution in [3.05, 3.63) is 0 Å². The molecule has 10 rings (SSSR count). The van der Waals surface area contributed by atoms with Crippen molar-refractivity contribution in [2.75, 3.05) is 11.8 Å². The van der Waals surface area contributed by atoms with Crippen LogP contribution in [-0.4, -0.2) is 11.8 Å². The zero-order valence-electron chi connectivity index (χ0n) is 8.14. The van der Waals surface area contributed by atoms with Crippen LogP contribution in [0.25, 0.3) is 0 Å². The second kappa shape index (κ2) is 0.424. The molecule has 0 nitrogen and oxygen atoms in total. The number of halogens is 2. The van der Waals surface area contributed by atoms with Crippen molar-refractivity contribution in [1.29, 1.82) is 0 Å². The Bertz CT molecular complexity index is 859. The molecule has 0 N–H and O–H groups in total. The Kier molecular flexibility index (Phi) is 0.165.